The molecule has 3 rings (SSSR count). The van der Waals surface area contributed by atoms with E-state index in [1.165, 1.54) is 0 Å². The summed E-state index contributed by atoms with van der Waals surface area (Å²) >= 11 is 0. The van der Waals surface area contributed by atoms with Gasteiger partial charge in [0.25, 0.3) is 0 Å². The van der Waals surface area contributed by atoms with Crippen molar-refractivity contribution in [1.29, 1.82) is 0 Å². The molecule has 2 unspecified atom stereocenters. The fraction of sp³-hybridized carbons (Fsp3) is 0.500. The molecule has 1 N–H and O–H groups in total. The number of carbonyl (C=O) groups excluding carboxylic acids is 1. The van der Waals surface area contributed by atoms with Crippen LogP contribution >= 0.6 is 0 Å². The summed E-state index contributed by atoms with van der Waals surface area (Å²) < 4.78 is 5.52. The highest BCUT2D eigenvalue weighted by atomic mass is 16.5. The predicted molar refractivity (Wildman–Crippen MR) is 77.4 cm³/mol. The van der Waals surface area contributed by atoms with E-state index in [1.807, 2.05) is 24.3 Å². The number of carboxylic acid groups (broad SMARTS) is 1. The monoisotopic (exact) mass is 289 g/mol. The molecule has 1 saturated heterocycles. The van der Waals surface area contributed by atoms with Crippen molar-refractivity contribution in [3.63, 3.8) is 0 Å². The predicted octanol–water partition coefficient (Wildman–Crippen LogP) is 2.16. The van der Waals surface area contributed by atoms with Gasteiger partial charge in [-0.05, 0) is 24.5 Å². The van der Waals surface area contributed by atoms with Crippen molar-refractivity contribution in [2.45, 2.75) is 37.7 Å². The molecule has 0 aliphatic carbocycles. The van der Waals surface area contributed by atoms with Crippen LogP contribution in [0.15, 0.2) is 24.3 Å². The maximum Gasteiger partial charge on any atom is 0.304 e. The molecule has 0 radical (unpaired) electrons. The molecule has 2 aliphatic heterocycles. The first kappa shape index (κ1) is 14.1. The van der Waals surface area contributed by atoms with Crippen LogP contribution in [0.4, 0.5) is 5.69 Å². The Balaban J connectivity index is 1.76. The molecule has 21 heavy (non-hydrogen) atoms. The molecular formula is C16H19NO4. The molecule has 0 bridgehead atoms. The van der Waals surface area contributed by atoms with Gasteiger partial charge in [0.05, 0.1) is 18.9 Å². The molecule has 1 amide bonds. The standard InChI is InChI=1S/C16H19NO4/c18-15(9-12-4-3-7-21-12)17-10-11(8-16(19)20)13-5-1-2-6-14(13)17/h1-2,5-6,11-12H,3-4,7-10H2,(H,19,20). The van der Waals surface area contributed by atoms with Gasteiger partial charge in [-0.15, -0.1) is 0 Å². The molecule has 2 heterocycles. The van der Waals surface area contributed by atoms with Crippen molar-refractivity contribution in [1.82, 2.24) is 0 Å². The SMILES string of the molecule is O=C(O)CC1CN(C(=O)CC2CCCO2)c2ccccc21. The van der Waals surface area contributed by atoms with E-state index in [2.05, 4.69) is 0 Å². The van der Waals surface area contributed by atoms with Crippen molar-refractivity contribution < 1.29 is 19.4 Å². The molecular weight excluding hydrogens is 270 g/mol. The largest absolute Gasteiger partial charge is 0.481 e. The van der Waals surface area contributed by atoms with E-state index < -0.39 is 5.97 Å². The number of para-hydroxylation sites is 1. The Morgan fingerprint density at radius 1 is 1.29 bits per heavy atom. The van der Waals surface area contributed by atoms with Gasteiger partial charge >= 0.3 is 5.97 Å². The Bertz CT molecular complexity index is 551. The highest BCUT2D eigenvalue weighted by molar-refractivity contribution is 5.96. The molecule has 1 aromatic rings. The number of anilines is 1. The van der Waals surface area contributed by atoms with Gasteiger partial charge in [-0.3, -0.25) is 9.59 Å². The highest BCUT2D eigenvalue weighted by Crippen LogP contribution is 2.38. The second-order valence-corrected chi connectivity index (χ2v) is 5.70. The smallest absolute Gasteiger partial charge is 0.304 e. The highest BCUT2D eigenvalue weighted by Gasteiger charge is 2.34. The van der Waals surface area contributed by atoms with Crippen LogP contribution in [0.2, 0.25) is 0 Å². The van der Waals surface area contributed by atoms with E-state index >= 15 is 0 Å². The molecule has 0 spiro atoms. The van der Waals surface area contributed by atoms with Crippen LogP contribution in [0, 0.1) is 0 Å². The summed E-state index contributed by atoms with van der Waals surface area (Å²) in [6, 6.07) is 7.59. The van der Waals surface area contributed by atoms with E-state index in [9.17, 15) is 9.59 Å². The van der Waals surface area contributed by atoms with Crippen LogP contribution in [-0.4, -0.2) is 36.2 Å². The third-order valence-corrected chi connectivity index (χ3v) is 4.22. The lowest BCUT2D eigenvalue weighted by Gasteiger charge is -2.19. The second kappa shape index (κ2) is 5.85. The zero-order valence-electron chi connectivity index (χ0n) is 11.8. The average Bonchev–Trinajstić information content (AvgIpc) is 3.07. The molecule has 5 heteroatoms. The van der Waals surface area contributed by atoms with Gasteiger partial charge in [0.1, 0.15) is 0 Å². The van der Waals surface area contributed by atoms with Crippen LogP contribution in [0.5, 0.6) is 0 Å². The van der Waals surface area contributed by atoms with E-state index in [0.717, 1.165) is 30.7 Å². The maximum atomic E-state index is 12.5. The first-order valence-electron chi connectivity index (χ1n) is 7.38. The Kier molecular flexibility index (Phi) is 3.92. The number of nitrogens with zero attached hydrogens (tertiary/aromatic N) is 1. The van der Waals surface area contributed by atoms with Crippen LogP contribution in [-0.2, 0) is 14.3 Å². The summed E-state index contributed by atoms with van der Waals surface area (Å²) in [4.78, 5) is 25.2. The first-order valence-corrected chi connectivity index (χ1v) is 7.38. The first-order chi connectivity index (χ1) is 10.1. The molecule has 1 fully saturated rings. The number of amides is 1. The molecule has 2 atom stereocenters. The topological polar surface area (TPSA) is 66.8 Å². The minimum Gasteiger partial charge on any atom is -0.481 e. The zero-order chi connectivity index (χ0) is 14.8. The lowest BCUT2D eigenvalue weighted by molar-refractivity contribution is -0.137. The van der Waals surface area contributed by atoms with Crippen LogP contribution in [0.1, 0.15) is 37.2 Å². The number of rotatable bonds is 4. The number of ether oxygens (including phenoxy) is 1. The van der Waals surface area contributed by atoms with Crippen molar-refractivity contribution >= 4 is 17.6 Å². The lowest BCUT2D eigenvalue weighted by atomic mass is 9.98. The van der Waals surface area contributed by atoms with Gasteiger partial charge in [0.15, 0.2) is 0 Å². The quantitative estimate of drug-likeness (QED) is 0.922. The Hall–Kier alpha value is -1.88. The molecule has 0 saturated carbocycles. The molecule has 1 aromatic carbocycles. The van der Waals surface area contributed by atoms with Crippen molar-refractivity contribution in [3.05, 3.63) is 29.8 Å². The van der Waals surface area contributed by atoms with Crippen molar-refractivity contribution in [2.24, 2.45) is 0 Å². The minimum absolute atomic E-state index is 0.0168. The van der Waals surface area contributed by atoms with E-state index in [4.69, 9.17) is 9.84 Å². The third kappa shape index (κ3) is 2.93. The van der Waals surface area contributed by atoms with Gasteiger partial charge in [0, 0.05) is 24.8 Å². The van der Waals surface area contributed by atoms with E-state index in [0.29, 0.717) is 13.0 Å². The Labute approximate surface area is 123 Å². The number of carboxylic acids is 1. The average molecular weight is 289 g/mol. The molecule has 2 aliphatic rings. The fourth-order valence-electron chi connectivity index (χ4n) is 3.23. The van der Waals surface area contributed by atoms with Crippen LogP contribution in [0.25, 0.3) is 0 Å². The number of benzene rings is 1. The lowest BCUT2D eigenvalue weighted by Crippen LogP contribution is -2.32. The van der Waals surface area contributed by atoms with Gasteiger partial charge in [0.2, 0.25) is 5.91 Å². The van der Waals surface area contributed by atoms with E-state index in [1.54, 1.807) is 4.90 Å². The second-order valence-electron chi connectivity index (χ2n) is 5.70. The summed E-state index contributed by atoms with van der Waals surface area (Å²) in [5, 5.41) is 9.03. The number of carbonyl (C=O) groups is 2. The van der Waals surface area contributed by atoms with Gasteiger partial charge in [-0.1, -0.05) is 18.2 Å². The normalized spacial score (nSPS) is 24.1. The summed E-state index contributed by atoms with van der Waals surface area (Å²) in [6.45, 7) is 1.19. The summed E-state index contributed by atoms with van der Waals surface area (Å²) in [7, 11) is 0. The zero-order valence-corrected chi connectivity index (χ0v) is 11.8. The van der Waals surface area contributed by atoms with E-state index in [-0.39, 0.29) is 24.3 Å². The minimum atomic E-state index is -0.830. The van der Waals surface area contributed by atoms with Crippen LogP contribution in [0.3, 0.4) is 0 Å². The number of hydrogen-bond donors (Lipinski definition) is 1. The van der Waals surface area contributed by atoms with Crippen LogP contribution < -0.4 is 4.90 Å². The summed E-state index contributed by atoms with van der Waals surface area (Å²) in [5.41, 5.74) is 1.81. The number of hydrogen-bond acceptors (Lipinski definition) is 3. The molecule has 5 nitrogen and oxygen atoms in total. The fourth-order valence-corrected chi connectivity index (χ4v) is 3.23. The maximum absolute atomic E-state index is 12.5. The third-order valence-electron chi connectivity index (χ3n) is 4.22. The number of fused-ring (bicyclic) bond motifs is 1. The Morgan fingerprint density at radius 2 is 2.10 bits per heavy atom. The summed E-state index contributed by atoms with van der Waals surface area (Å²) in [5.74, 6) is -0.919. The number of aliphatic carboxylic acids is 1. The van der Waals surface area contributed by atoms with Gasteiger partial charge in [-0.2, -0.15) is 0 Å². The van der Waals surface area contributed by atoms with Crippen molar-refractivity contribution in [2.75, 3.05) is 18.1 Å². The summed E-state index contributed by atoms with van der Waals surface area (Å²) in [6.07, 6.45) is 2.40. The van der Waals surface area contributed by atoms with Gasteiger partial charge < -0.3 is 14.7 Å². The molecule has 0 aromatic heterocycles. The van der Waals surface area contributed by atoms with Gasteiger partial charge in [-0.25, -0.2) is 0 Å². The van der Waals surface area contributed by atoms with Crippen molar-refractivity contribution in [3.8, 4) is 0 Å². The Morgan fingerprint density at radius 3 is 2.81 bits per heavy atom. The molecule has 112 valence electrons.